The highest BCUT2D eigenvalue weighted by Gasteiger charge is 2.13. The third-order valence-corrected chi connectivity index (χ3v) is 6.75. The Hall–Kier alpha value is -2.19. The van der Waals surface area contributed by atoms with Crippen molar-refractivity contribution in [2.24, 2.45) is 0 Å². The zero-order valence-corrected chi connectivity index (χ0v) is 17.6. The molecule has 0 fully saturated rings. The second kappa shape index (κ2) is 8.45. The molecule has 3 heterocycles. The second-order valence-corrected chi connectivity index (χ2v) is 8.52. The minimum absolute atomic E-state index is 0.151. The van der Waals surface area contributed by atoms with Crippen LogP contribution < -0.4 is 5.32 Å². The number of rotatable bonds is 6. The molecule has 3 aromatic heterocycles. The topological polar surface area (TPSA) is 59.8 Å². The molecule has 0 aliphatic rings. The van der Waals surface area contributed by atoms with Gasteiger partial charge in [0.2, 0.25) is 5.91 Å². The summed E-state index contributed by atoms with van der Waals surface area (Å²) in [6.07, 6.45) is 1.83. The number of nitrogens with one attached hydrogen (secondary N) is 1. The minimum Gasteiger partial charge on any atom is -0.311 e. The standard InChI is InChI=1S/C19H14Cl2N4OS2/c20-14-4-1-3-12(18(14)21)10-25-16(6-7-22-25)24-17(26)9-13-11-28-19(23-13)15-5-2-8-27-15/h1-8,11H,9-10H2,(H,24,26). The van der Waals surface area contributed by atoms with Crippen LogP contribution in [0, 0.1) is 0 Å². The fourth-order valence-corrected chi connectivity index (χ4v) is 4.66. The van der Waals surface area contributed by atoms with Gasteiger partial charge in [0.15, 0.2) is 0 Å². The predicted molar refractivity (Wildman–Crippen MR) is 116 cm³/mol. The van der Waals surface area contributed by atoms with E-state index in [2.05, 4.69) is 15.4 Å². The van der Waals surface area contributed by atoms with E-state index in [-0.39, 0.29) is 12.3 Å². The van der Waals surface area contributed by atoms with E-state index < -0.39 is 0 Å². The number of hydrogen-bond donors (Lipinski definition) is 1. The second-order valence-electron chi connectivity index (χ2n) is 5.93. The minimum atomic E-state index is -0.151. The average Bonchev–Trinajstić information content (AvgIpc) is 3.41. The van der Waals surface area contributed by atoms with Gasteiger partial charge in [-0.3, -0.25) is 4.79 Å². The highest BCUT2D eigenvalue weighted by atomic mass is 35.5. The number of thiophene rings is 1. The summed E-state index contributed by atoms with van der Waals surface area (Å²) in [4.78, 5) is 18.1. The van der Waals surface area contributed by atoms with E-state index in [0.717, 1.165) is 21.1 Å². The molecule has 142 valence electrons. The van der Waals surface area contributed by atoms with Crippen molar-refractivity contribution in [1.29, 1.82) is 0 Å². The summed E-state index contributed by atoms with van der Waals surface area (Å²) in [5.41, 5.74) is 1.57. The van der Waals surface area contributed by atoms with Crippen LogP contribution in [0.3, 0.4) is 0 Å². The Morgan fingerprint density at radius 1 is 1.14 bits per heavy atom. The number of nitrogens with zero attached hydrogens (tertiary/aromatic N) is 3. The molecule has 1 N–H and O–H groups in total. The van der Waals surface area contributed by atoms with Gasteiger partial charge in [-0.2, -0.15) is 5.10 Å². The lowest BCUT2D eigenvalue weighted by atomic mass is 10.2. The van der Waals surface area contributed by atoms with Crippen LogP contribution in [-0.2, 0) is 17.8 Å². The zero-order chi connectivity index (χ0) is 19.5. The molecule has 0 saturated heterocycles. The van der Waals surface area contributed by atoms with Gasteiger partial charge >= 0.3 is 0 Å². The third-order valence-electron chi connectivity index (χ3n) is 3.96. The highest BCUT2D eigenvalue weighted by Crippen LogP contribution is 2.28. The van der Waals surface area contributed by atoms with Gasteiger partial charge in [0.25, 0.3) is 0 Å². The Morgan fingerprint density at radius 2 is 2.04 bits per heavy atom. The Morgan fingerprint density at radius 3 is 2.86 bits per heavy atom. The summed E-state index contributed by atoms with van der Waals surface area (Å²) in [5.74, 6) is 0.441. The first-order valence-corrected chi connectivity index (χ1v) is 10.8. The first kappa shape index (κ1) is 19.1. The summed E-state index contributed by atoms with van der Waals surface area (Å²) in [6, 6.07) is 11.2. The maximum absolute atomic E-state index is 12.5. The Bertz CT molecular complexity index is 1110. The molecule has 0 radical (unpaired) electrons. The van der Waals surface area contributed by atoms with Gasteiger partial charge in [-0.15, -0.1) is 22.7 Å². The molecular formula is C19H14Cl2N4OS2. The van der Waals surface area contributed by atoms with E-state index in [9.17, 15) is 4.79 Å². The van der Waals surface area contributed by atoms with Crippen LogP contribution in [0.2, 0.25) is 10.0 Å². The number of carbonyl (C=O) groups excluding carboxylic acids is 1. The summed E-state index contributed by atoms with van der Waals surface area (Å²) in [7, 11) is 0. The summed E-state index contributed by atoms with van der Waals surface area (Å²) >= 11 is 15.5. The Labute approximate surface area is 179 Å². The van der Waals surface area contributed by atoms with Crippen LogP contribution in [0.1, 0.15) is 11.3 Å². The number of halogens is 2. The van der Waals surface area contributed by atoms with Gasteiger partial charge in [-0.25, -0.2) is 9.67 Å². The van der Waals surface area contributed by atoms with Crippen LogP contribution in [0.4, 0.5) is 5.82 Å². The molecule has 28 heavy (non-hydrogen) atoms. The lowest BCUT2D eigenvalue weighted by Gasteiger charge is -2.10. The molecule has 9 heteroatoms. The first-order valence-electron chi connectivity index (χ1n) is 8.33. The predicted octanol–water partition coefficient (Wildman–Crippen LogP) is 5.60. The lowest BCUT2D eigenvalue weighted by molar-refractivity contribution is -0.115. The van der Waals surface area contributed by atoms with Crippen LogP contribution >= 0.6 is 45.9 Å². The van der Waals surface area contributed by atoms with Gasteiger partial charge < -0.3 is 5.32 Å². The van der Waals surface area contributed by atoms with Crippen molar-refractivity contribution in [3.63, 3.8) is 0 Å². The lowest BCUT2D eigenvalue weighted by Crippen LogP contribution is -2.18. The molecule has 0 bridgehead atoms. The van der Waals surface area contributed by atoms with Crippen molar-refractivity contribution < 1.29 is 4.79 Å². The van der Waals surface area contributed by atoms with E-state index in [1.54, 1.807) is 34.3 Å². The van der Waals surface area contributed by atoms with Crippen molar-refractivity contribution in [1.82, 2.24) is 14.8 Å². The molecule has 5 nitrogen and oxygen atoms in total. The van der Waals surface area contributed by atoms with E-state index in [4.69, 9.17) is 23.2 Å². The third kappa shape index (κ3) is 4.28. The van der Waals surface area contributed by atoms with Crippen LogP contribution in [0.25, 0.3) is 9.88 Å². The maximum Gasteiger partial charge on any atom is 0.231 e. The van der Waals surface area contributed by atoms with Crippen molar-refractivity contribution in [3.8, 4) is 9.88 Å². The quantitative estimate of drug-likeness (QED) is 0.417. The van der Waals surface area contributed by atoms with E-state index >= 15 is 0 Å². The van der Waals surface area contributed by atoms with E-state index in [1.807, 2.05) is 35.0 Å². The number of benzene rings is 1. The fraction of sp³-hybridized carbons (Fsp3) is 0.105. The van der Waals surface area contributed by atoms with E-state index in [0.29, 0.717) is 22.4 Å². The van der Waals surface area contributed by atoms with Gasteiger partial charge in [0, 0.05) is 11.4 Å². The number of hydrogen-bond acceptors (Lipinski definition) is 5. The summed E-state index contributed by atoms with van der Waals surface area (Å²) in [6.45, 7) is 0.404. The van der Waals surface area contributed by atoms with Crippen molar-refractivity contribution in [2.45, 2.75) is 13.0 Å². The number of carbonyl (C=O) groups is 1. The summed E-state index contributed by atoms with van der Waals surface area (Å²) < 4.78 is 1.67. The molecule has 1 amide bonds. The largest absolute Gasteiger partial charge is 0.311 e. The molecule has 0 atom stereocenters. The Balaban J connectivity index is 1.43. The molecule has 1 aromatic carbocycles. The molecule has 4 aromatic rings. The normalized spacial score (nSPS) is 10.9. The average molecular weight is 449 g/mol. The number of anilines is 1. The van der Waals surface area contributed by atoms with Gasteiger partial charge in [0.1, 0.15) is 10.8 Å². The summed E-state index contributed by atoms with van der Waals surface area (Å²) in [5, 5.41) is 13.0. The fourth-order valence-electron chi connectivity index (χ4n) is 2.65. The molecule has 0 saturated carbocycles. The molecule has 4 rings (SSSR count). The molecule has 0 spiro atoms. The first-order chi connectivity index (χ1) is 13.6. The maximum atomic E-state index is 12.5. The molecule has 0 aliphatic heterocycles. The van der Waals surface area contributed by atoms with Gasteiger partial charge in [0.05, 0.1) is 39.8 Å². The van der Waals surface area contributed by atoms with Gasteiger partial charge in [-0.1, -0.05) is 41.4 Å². The molecule has 0 unspecified atom stereocenters. The smallest absolute Gasteiger partial charge is 0.231 e. The number of aromatic nitrogens is 3. The molecule has 0 aliphatic carbocycles. The van der Waals surface area contributed by atoms with Crippen LogP contribution in [0.5, 0.6) is 0 Å². The van der Waals surface area contributed by atoms with Crippen LogP contribution in [-0.4, -0.2) is 20.7 Å². The van der Waals surface area contributed by atoms with Crippen LogP contribution in [0.15, 0.2) is 53.4 Å². The monoisotopic (exact) mass is 448 g/mol. The number of amides is 1. The zero-order valence-electron chi connectivity index (χ0n) is 14.4. The highest BCUT2D eigenvalue weighted by molar-refractivity contribution is 7.20. The SMILES string of the molecule is O=C(Cc1csc(-c2cccs2)n1)Nc1ccnn1Cc1cccc(Cl)c1Cl. The van der Waals surface area contributed by atoms with Gasteiger partial charge in [-0.05, 0) is 23.1 Å². The molecular weight excluding hydrogens is 435 g/mol. The number of thiazole rings is 1. The van der Waals surface area contributed by atoms with Crippen molar-refractivity contribution >= 4 is 57.6 Å². The van der Waals surface area contributed by atoms with Crippen molar-refractivity contribution in [2.75, 3.05) is 5.32 Å². The van der Waals surface area contributed by atoms with Crippen molar-refractivity contribution in [3.05, 3.63) is 74.7 Å². The van der Waals surface area contributed by atoms with E-state index in [1.165, 1.54) is 11.3 Å². The Kier molecular flexibility index (Phi) is 5.77.